The van der Waals surface area contributed by atoms with E-state index in [-0.39, 0.29) is 9.52 Å². The second kappa shape index (κ2) is 4.07. The van der Waals surface area contributed by atoms with Gasteiger partial charge >= 0.3 is 0 Å². The van der Waals surface area contributed by atoms with Crippen molar-refractivity contribution in [3.05, 3.63) is 0 Å². The zero-order valence-corrected chi connectivity index (χ0v) is 8.32. The Kier molecular flexibility index (Phi) is 4.15. The molecule has 0 unspecified atom stereocenters. The molecule has 0 spiro atoms. The van der Waals surface area contributed by atoms with Gasteiger partial charge < -0.3 is 5.73 Å². The Morgan fingerprint density at radius 3 is 2.33 bits per heavy atom. The largest absolute Gasteiger partial charge is 0.330 e. The van der Waals surface area contributed by atoms with E-state index in [1.807, 2.05) is 0 Å². The molecular weight excluding hydrogens is 126 g/mol. The zero-order valence-electron chi connectivity index (χ0n) is 6.91. The molecule has 0 atom stereocenters. The summed E-state index contributed by atoms with van der Waals surface area (Å²) in [5.74, 6) is 0. The summed E-state index contributed by atoms with van der Waals surface area (Å²) >= 11 is 0. The summed E-state index contributed by atoms with van der Waals surface area (Å²) in [4.78, 5) is 0. The predicted octanol–water partition coefficient (Wildman–Crippen LogP) is 0.997. The summed E-state index contributed by atoms with van der Waals surface area (Å²) in [6.07, 6.45) is 1.33. The average molecular weight is 145 g/mol. The van der Waals surface area contributed by atoms with Gasteiger partial charge in [0.05, 0.1) is 0 Å². The predicted molar refractivity (Wildman–Crippen MR) is 46.7 cm³/mol. The van der Waals surface area contributed by atoms with Crippen LogP contribution in [0, 0.1) is 5.41 Å². The van der Waals surface area contributed by atoms with Gasteiger partial charge in [0.1, 0.15) is 0 Å². The molecule has 0 aromatic carbocycles. The highest BCUT2D eigenvalue weighted by molar-refractivity contribution is 6.33. The third-order valence-corrected chi connectivity index (χ3v) is 2.82. The molecule has 0 fully saturated rings. The third kappa shape index (κ3) is 4.67. The molecule has 0 saturated heterocycles. The van der Waals surface area contributed by atoms with E-state index < -0.39 is 0 Å². The lowest BCUT2D eigenvalue weighted by Gasteiger charge is -2.21. The van der Waals surface area contributed by atoms with E-state index in [2.05, 4.69) is 20.4 Å². The molecule has 0 saturated carbocycles. The summed E-state index contributed by atoms with van der Waals surface area (Å²) < 4.78 is 0. The first-order chi connectivity index (χ1) is 4.12. The molecule has 0 radical (unpaired) electrons. The van der Waals surface area contributed by atoms with Crippen LogP contribution >= 0.6 is 0 Å². The van der Waals surface area contributed by atoms with Crippen LogP contribution in [0.15, 0.2) is 0 Å². The van der Waals surface area contributed by atoms with Crippen LogP contribution in [0.5, 0.6) is 0 Å². The first kappa shape index (κ1) is 9.18. The molecule has 2 heteroatoms. The van der Waals surface area contributed by atoms with Gasteiger partial charge in [0.2, 0.25) is 0 Å². The number of hydrogen-bond donors (Lipinski definition) is 1. The summed E-state index contributed by atoms with van der Waals surface area (Å²) in [6, 6.07) is 1.45. The lowest BCUT2D eigenvalue weighted by atomic mass is 9.91. The highest BCUT2D eigenvalue weighted by Gasteiger charge is 2.13. The first-order valence-corrected chi connectivity index (χ1v) is 6.24. The highest BCUT2D eigenvalue weighted by Crippen LogP contribution is 2.19. The summed E-state index contributed by atoms with van der Waals surface area (Å²) in [6.45, 7) is 7.68. The van der Waals surface area contributed by atoms with Gasteiger partial charge in [0.25, 0.3) is 0 Å². The molecule has 2 N–H and O–H groups in total. The third-order valence-electron chi connectivity index (χ3n) is 1.76. The van der Waals surface area contributed by atoms with Crippen LogP contribution in [0.25, 0.3) is 0 Å². The van der Waals surface area contributed by atoms with E-state index in [1.165, 1.54) is 12.5 Å². The fourth-order valence-electron chi connectivity index (χ4n) is 0.757. The molecule has 0 aliphatic carbocycles. The van der Waals surface area contributed by atoms with Crippen LogP contribution in [-0.4, -0.2) is 16.1 Å². The molecule has 1 nitrogen and oxygen atoms in total. The smallest absolute Gasteiger partial charge is 0.0166 e. The van der Waals surface area contributed by atoms with Crippen LogP contribution in [-0.2, 0) is 0 Å². The summed E-state index contributed by atoms with van der Waals surface area (Å²) in [7, 11) is 0.269. The minimum absolute atomic E-state index is 0.269. The van der Waals surface area contributed by atoms with Gasteiger partial charge in [0.15, 0.2) is 0 Å². The van der Waals surface area contributed by atoms with Crippen LogP contribution in [0.3, 0.4) is 0 Å². The van der Waals surface area contributed by atoms with E-state index in [1.54, 1.807) is 0 Å². The highest BCUT2D eigenvalue weighted by atomic mass is 28.2. The van der Waals surface area contributed by atoms with E-state index in [4.69, 9.17) is 5.73 Å². The van der Waals surface area contributed by atoms with Crippen molar-refractivity contribution < 1.29 is 0 Å². The van der Waals surface area contributed by atoms with Crippen LogP contribution in [0.4, 0.5) is 0 Å². The Morgan fingerprint density at radius 2 is 2.00 bits per heavy atom. The van der Waals surface area contributed by atoms with Gasteiger partial charge in [-0.3, -0.25) is 0 Å². The lowest BCUT2D eigenvalue weighted by molar-refractivity contribution is 0.364. The molecule has 56 valence electrons. The quantitative estimate of drug-likeness (QED) is 0.587. The SMILES string of the molecule is C[SiH2]CCC(C)(C)CN. The normalized spacial score (nSPS) is 13.3. The van der Waals surface area contributed by atoms with Gasteiger partial charge in [-0.25, -0.2) is 0 Å². The van der Waals surface area contributed by atoms with Crippen molar-refractivity contribution in [1.29, 1.82) is 0 Å². The Hall–Kier alpha value is 0.177. The molecule has 0 amide bonds. The van der Waals surface area contributed by atoms with Gasteiger partial charge in [-0.05, 0) is 18.4 Å². The summed E-state index contributed by atoms with van der Waals surface area (Å²) in [5, 5.41) is 0. The van der Waals surface area contributed by atoms with Gasteiger partial charge in [-0.2, -0.15) is 0 Å². The molecule has 0 aliphatic heterocycles. The maximum atomic E-state index is 5.56. The number of nitrogens with two attached hydrogens (primary N) is 1. The lowest BCUT2D eigenvalue weighted by Crippen LogP contribution is -2.23. The van der Waals surface area contributed by atoms with Crippen LogP contribution in [0.1, 0.15) is 20.3 Å². The zero-order chi connectivity index (χ0) is 7.33. The van der Waals surface area contributed by atoms with E-state index in [0.717, 1.165) is 6.54 Å². The van der Waals surface area contributed by atoms with E-state index >= 15 is 0 Å². The van der Waals surface area contributed by atoms with Gasteiger partial charge in [-0.1, -0.05) is 26.4 Å². The maximum absolute atomic E-state index is 5.56. The molecule has 0 aromatic heterocycles. The molecule has 0 aliphatic rings. The summed E-state index contributed by atoms with van der Waals surface area (Å²) in [5.41, 5.74) is 5.97. The topological polar surface area (TPSA) is 26.0 Å². The van der Waals surface area contributed by atoms with Crippen molar-refractivity contribution in [3.63, 3.8) is 0 Å². The van der Waals surface area contributed by atoms with Crippen molar-refractivity contribution in [2.45, 2.75) is 32.9 Å². The van der Waals surface area contributed by atoms with E-state index in [0.29, 0.717) is 5.41 Å². The Morgan fingerprint density at radius 1 is 1.44 bits per heavy atom. The molecule has 0 aromatic rings. The standard InChI is InChI=1S/C7H19NSi/c1-7(2,6-8)4-5-9-3/h4-6,8-9H2,1-3H3. The minimum Gasteiger partial charge on any atom is -0.330 e. The first-order valence-electron chi connectivity index (χ1n) is 3.82. The van der Waals surface area contributed by atoms with Crippen molar-refractivity contribution in [3.8, 4) is 0 Å². The maximum Gasteiger partial charge on any atom is 0.0166 e. The van der Waals surface area contributed by atoms with Crippen molar-refractivity contribution in [2.24, 2.45) is 11.1 Å². The number of rotatable bonds is 4. The monoisotopic (exact) mass is 145 g/mol. The number of hydrogen-bond acceptors (Lipinski definition) is 1. The molecule has 0 bridgehead atoms. The van der Waals surface area contributed by atoms with Crippen molar-refractivity contribution in [1.82, 2.24) is 0 Å². The molecule has 0 heterocycles. The second-order valence-electron chi connectivity index (χ2n) is 3.47. The fourth-order valence-corrected chi connectivity index (χ4v) is 2.07. The second-order valence-corrected chi connectivity index (χ2v) is 5.18. The Bertz CT molecular complexity index is 71.3. The fraction of sp³-hybridized carbons (Fsp3) is 1.00. The Labute approximate surface area is 60.8 Å². The van der Waals surface area contributed by atoms with Gasteiger partial charge in [-0.15, -0.1) is 0 Å². The molecular formula is C7H19NSi. The van der Waals surface area contributed by atoms with Crippen LogP contribution in [0.2, 0.25) is 12.6 Å². The Balaban J connectivity index is 3.33. The van der Waals surface area contributed by atoms with Gasteiger partial charge in [0, 0.05) is 9.52 Å². The van der Waals surface area contributed by atoms with Crippen molar-refractivity contribution >= 4 is 9.52 Å². The molecule has 9 heavy (non-hydrogen) atoms. The van der Waals surface area contributed by atoms with Crippen molar-refractivity contribution in [2.75, 3.05) is 6.54 Å². The van der Waals surface area contributed by atoms with Crippen LogP contribution < -0.4 is 5.73 Å². The average Bonchev–Trinajstić information content (AvgIpc) is 1.84. The van der Waals surface area contributed by atoms with E-state index in [9.17, 15) is 0 Å². The minimum atomic E-state index is 0.269. The molecule has 0 rings (SSSR count).